The van der Waals surface area contributed by atoms with E-state index in [4.69, 9.17) is 0 Å². The average Bonchev–Trinajstić information content (AvgIpc) is 3.00. The molecule has 0 saturated carbocycles. The van der Waals surface area contributed by atoms with Crippen molar-refractivity contribution in [2.24, 2.45) is 0 Å². The van der Waals surface area contributed by atoms with Gasteiger partial charge >= 0.3 is 0 Å². The van der Waals surface area contributed by atoms with Crippen LogP contribution in [0.2, 0.25) is 0 Å². The van der Waals surface area contributed by atoms with Gasteiger partial charge in [0.25, 0.3) is 5.91 Å². The Bertz CT molecular complexity index is 1150. The molecule has 168 valence electrons. The topological polar surface area (TPSA) is 113 Å². The number of nitrogens with zero attached hydrogens (tertiary/aromatic N) is 1. The summed E-state index contributed by atoms with van der Waals surface area (Å²) < 4.78 is 52.7. The molecule has 0 spiro atoms. The molecule has 0 aromatic heterocycles. The van der Waals surface area contributed by atoms with Crippen molar-refractivity contribution in [3.63, 3.8) is 0 Å². The lowest BCUT2D eigenvalue weighted by atomic mass is 10.1. The van der Waals surface area contributed by atoms with Gasteiger partial charge in [0.2, 0.25) is 20.0 Å². The van der Waals surface area contributed by atoms with Crippen LogP contribution in [0.5, 0.6) is 0 Å². The molecule has 2 N–H and O–H groups in total. The number of sulfonamides is 2. The summed E-state index contributed by atoms with van der Waals surface area (Å²) in [5.41, 5.74) is 1.81. The molecular weight excluding hydrogens is 438 g/mol. The van der Waals surface area contributed by atoms with E-state index in [-0.39, 0.29) is 4.90 Å². The fourth-order valence-corrected chi connectivity index (χ4v) is 5.56. The van der Waals surface area contributed by atoms with Gasteiger partial charge in [-0.25, -0.2) is 16.8 Å². The normalized spacial score (nSPS) is 15.8. The molecule has 1 amide bonds. The van der Waals surface area contributed by atoms with E-state index in [9.17, 15) is 21.6 Å². The number of nitrogens with one attached hydrogen (secondary N) is 2. The lowest BCUT2D eigenvalue weighted by molar-refractivity contribution is 0.102. The first-order valence-electron chi connectivity index (χ1n) is 10.1. The third-order valence-corrected chi connectivity index (χ3v) is 7.61. The minimum absolute atomic E-state index is 0.168. The fraction of sp³-hybridized carbons (Fsp3) is 0.381. The summed E-state index contributed by atoms with van der Waals surface area (Å²) >= 11 is 0. The third kappa shape index (κ3) is 6.05. The average molecular weight is 466 g/mol. The van der Waals surface area contributed by atoms with Gasteiger partial charge in [0.05, 0.1) is 16.8 Å². The zero-order valence-corrected chi connectivity index (χ0v) is 19.2. The van der Waals surface area contributed by atoms with Gasteiger partial charge in [-0.3, -0.25) is 9.52 Å². The predicted octanol–water partition coefficient (Wildman–Crippen LogP) is 3.18. The molecule has 1 saturated heterocycles. The Balaban J connectivity index is 1.74. The summed E-state index contributed by atoms with van der Waals surface area (Å²) in [4.78, 5) is 12.8. The quantitative estimate of drug-likeness (QED) is 0.680. The summed E-state index contributed by atoms with van der Waals surface area (Å²) in [6.07, 6.45) is 4.83. The van der Waals surface area contributed by atoms with Gasteiger partial charge in [0.15, 0.2) is 0 Å². The van der Waals surface area contributed by atoms with E-state index in [0.717, 1.165) is 31.9 Å². The van der Waals surface area contributed by atoms with Crippen molar-refractivity contribution < 1.29 is 21.6 Å². The highest BCUT2D eigenvalue weighted by Crippen LogP contribution is 2.23. The molecule has 2 aromatic rings. The lowest BCUT2D eigenvalue weighted by Gasteiger charge is -2.20. The second-order valence-electron chi connectivity index (χ2n) is 7.70. The van der Waals surface area contributed by atoms with E-state index >= 15 is 0 Å². The largest absolute Gasteiger partial charge is 0.322 e. The zero-order valence-electron chi connectivity index (χ0n) is 17.6. The van der Waals surface area contributed by atoms with Crippen LogP contribution >= 0.6 is 0 Å². The predicted molar refractivity (Wildman–Crippen MR) is 121 cm³/mol. The van der Waals surface area contributed by atoms with Crippen LogP contribution in [0.3, 0.4) is 0 Å². The van der Waals surface area contributed by atoms with Crippen molar-refractivity contribution in [2.75, 3.05) is 29.4 Å². The molecule has 8 nitrogen and oxygen atoms in total. The van der Waals surface area contributed by atoms with Crippen LogP contribution in [0.25, 0.3) is 0 Å². The molecule has 1 heterocycles. The van der Waals surface area contributed by atoms with Gasteiger partial charge in [0, 0.05) is 24.3 Å². The molecule has 1 aliphatic rings. The van der Waals surface area contributed by atoms with Crippen LogP contribution in [-0.2, 0) is 20.0 Å². The SMILES string of the molecule is Cc1ccc(NC(=O)c2ccc(S(=O)(=O)N3CCCCCC3)cc2)cc1NS(C)(=O)=O. The molecule has 0 aliphatic carbocycles. The Morgan fingerprint density at radius 2 is 1.52 bits per heavy atom. The number of rotatable bonds is 6. The maximum absolute atomic E-state index is 12.9. The van der Waals surface area contributed by atoms with Crippen molar-refractivity contribution in [3.8, 4) is 0 Å². The lowest BCUT2D eigenvalue weighted by Crippen LogP contribution is -2.31. The molecular formula is C21H27N3O5S2. The highest BCUT2D eigenvalue weighted by atomic mass is 32.2. The van der Waals surface area contributed by atoms with Gasteiger partial charge in [-0.1, -0.05) is 18.9 Å². The first-order valence-corrected chi connectivity index (χ1v) is 13.4. The van der Waals surface area contributed by atoms with Gasteiger partial charge in [0.1, 0.15) is 0 Å². The van der Waals surface area contributed by atoms with Crippen LogP contribution in [0.1, 0.15) is 41.6 Å². The Morgan fingerprint density at radius 1 is 0.903 bits per heavy atom. The van der Waals surface area contributed by atoms with E-state index < -0.39 is 26.0 Å². The number of benzene rings is 2. The molecule has 0 radical (unpaired) electrons. The third-order valence-electron chi connectivity index (χ3n) is 5.11. The smallest absolute Gasteiger partial charge is 0.255 e. The molecule has 2 aromatic carbocycles. The monoisotopic (exact) mass is 465 g/mol. The molecule has 31 heavy (non-hydrogen) atoms. The maximum Gasteiger partial charge on any atom is 0.255 e. The highest BCUT2D eigenvalue weighted by molar-refractivity contribution is 7.92. The van der Waals surface area contributed by atoms with Gasteiger partial charge in [-0.05, 0) is 61.7 Å². The second-order valence-corrected chi connectivity index (χ2v) is 11.4. The van der Waals surface area contributed by atoms with Crippen molar-refractivity contribution in [2.45, 2.75) is 37.5 Å². The number of hydrogen-bond acceptors (Lipinski definition) is 5. The van der Waals surface area contributed by atoms with E-state index in [1.165, 1.54) is 34.6 Å². The maximum atomic E-state index is 12.9. The van der Waals surface area contributed by atoms with Crippen LogP contribution in [0.4, 0.5) is 11.4 Å². The second kappa shape index (κ2) is 9.37. The molecule has 0 bridgehead atoms. The van der Waals surface area contributed by atoms with Crippen LogP contribution in [0.15, 0.2) is 47.4 Å². The van der Waals surface area contributed by atoms with Crippen LogP contribution < -0.4 is 10.0 Å². The van der Waals surface area contributed by atoms with Gasteiger partial charge in [-0.15, -0.1) is 0 Å². The van der Waals surface area contributed by atoms with Crippen molar-refractivity contribution >= 4 is 37.3 Å². The van der Waals surface area contributed by atoms with Crippen molar-refractivity contribution in [3.05, 3.63) is 53.6 Å². The van der Waals surface area contributed by atoms with Crippen LogP contribution in [-0.4, -0.2) is 46.4 Å². The molecule has 1 fully saturated rings. The summed E-state index contributed by atoms with van der Waals surface area (Å²) in [7, 11) is -7.03. The van der Waals surface area contributed by atoms with Crippen LogP contribution in [0, 0.1) is 6.92 Å². The number of carbonyl (C=O) groups is 1. The summed E-state index contributed by atoms with van der Waals surface area (Å²) in [5.74, 6) is -0.423. The summed E-state index contributed by atoms with van der Waals surface area (Å²) in [6, 6.07) is 10.7. The zero-order chi connectivity index (χ0) is 22.6. The number of carbonyl (C=O) groups excluding carboxylic acids is 1. The minimum atomic E-state index is -3.58. The minimum Gasteiger partial charge on any atom is -0.322 e. The Kier molecular flexibility index (Phi) is 7.03. The molecule has 0 unspecified atom stereocenters. The van der Waals surface area contributed by atoms with Gasteiger partial charge < -0.3 is 5.32 Å². The summed E-state index contributed by atoms with van der Waals surface area (Å²) in [5, 5.41) is 2.71. The number of anilines is 2. The Morgan fingerprint density at radius 3 is 2.10 bits per heavy atom. The standard InChI is InChI=1S/C21H27N3O5S2/c1-16-7-10-18(15-20(16)23-30(2,26)27)22-21(25)17-8-11-19(12-9-17)31(28,29)24-13-5-3-4-6-14-24/h7-12,15,23H,3-6,13-14H2,1-2H3,(H,22,25). The summed E-state index contributed by atoms with van der Waals surface area (Å²) in [6.45, 7) is 2.78. The van der Waals surface area contributed by atoms with Gasteiger partial charge in [-0.2, -0.15) is 4.31 Å². The van der Waals surface area contributed by atoms with Crippen molar-refractivity contribution in [1.82, 2.24) is 4.31 Å². The molecule has 10 heteroatoms. The highest BCUT2D eigenvalue weighted by Gasteiger charge is 2.25. The van der Waals surface area contributed by atoms with E-state index in [0.29, 0.717) is 35.6 Å². The van der Waals surface area contributed by atoms with E-state index in [2.05, 4.69) is 10.0 Å². The fourth-order valence-electron chi connectivity index (χ4n) is 3.42. The van der Waals surface area contributed by atoms with E-state index in [1.807, 2.05) is 0 Å². The number of amides is 1. The Hall–Kier alpha value is -2.43. The molecule has 3 rings (SSSR count). The number of hydrogen-bond donors (Lipinski definition) is 2. The first-order chi connectivity index (χ1) is 14.6. The van der Waals surface area contributed by atoms with E-state index in [1.54, 1.807) is 19.1 Å². The molecule has 0 atom stereocenters. The van der Waals surface area contributed by atoms with Crippen molar-refractivity contribution in [1.29, 1.82) is 0 Å². The Labute approximate surface area is 183 Å². The number of aryl methyl sites for hydroxylation is 1. The molecule has 1 aliphatic heterocycles. The first kappa shape index (κ1) is 23.2.